The van der Waals surface area contributed by atoms with E-state index in [1.165, 1.54) is 11.1 Å². The van der Waals surface area contributed by atoms with Crippen LogP contribution in [0.5, 0.6) is 0 Å². The molecule has 68 valence electrons. The predicted molar refractivity (Wildman–Crippen MR) is 58.5 cm³/mol. The van der Waals surface area contributed by atoms with Gasteiger partial charge in [-0.3, -0.25) is 4.99 Å². The molecule has 0 aliphatic carbocycles. The molecule has 0 bridgehead atoms. The molecule has 0 radical (unpaired) electrons. The van der Waals surface area contributed by atoms with Crippen LogP contribution < -0.4 is 0 Å². The molecule has 0 spiro atoms. The fourth-order valence-corrected chi connectivity index (χ4v) is 1.29. The maximum atomic E-state index is 4.37. The lowest BCUT2D eigenvalue weighted by Crippen LogP contribution is -1.99. The average Bonchev–Trinajstić information content (AvgIpc) is 2.16. The normalized spacial score (nSPS) is 11.4. The fourth-order valence-electron chi connectivity index (χ4n) is 1.29. The molecule has 0 unspecified atom stereocenters. The molecule has 0 atom stereocenters. The van der Waals surface area contributed by atoms with Gasteiger partial charge in [0.2, 0.25) is 0 Å². The van der Waals surface area contributed by atoms with Crippen LogP contribution >= 0.6 is 0 Å². The first kappa shape index (κ1) is 9.72. The number of aryl methyl sites for hydroxylation is 1. The number of hydrogen-bond donors (Lipinski definition) is 0. The number of hydrogen-bond acceptors (Lipinski definition) is 1. The number of nitrogens with zero attached hydrogens (tertiary/aromatic N) is 1. The van der Waals surface area contributed by atoms with Crippen molar-refractivity contribution in [1.82, 2.24) is 0 Å². The molecule has 1 heteroatoms. The number of aliphatic imine (C=N–C) groups is 1. The summed E-state index contributed by atoms with van der Waals surface area (Å²) in [5.74, 6) is 0. The highest BCUT2D eigenvalue weighted by Crippen LogP contribution is 2.09. The Hall–Kier alpha value is -1.37. The first-order valence-electron chi connectivity index (χ1n) is 4.52. The van der Waals surface area contributed by atoms with Gasteiger partial charge in [0.05, 0.1) is 5.71 Å². The fraction of sp³-hybridized carbons (Fsp3) is 0.250. The van der Waals surface area contributed by atoms with Crippen LogP contribution in [0.1, 0.15) is 18.1 Å². The highest BCUT2D eigenvalue weighted by molar-refractivity contribution is 6.09. The second-order valence-corrected chi connectivity index (χ2v) is 2.88. The van der Waals surface area contributed by atoms with E-state index in [0.717, 1.165) is 12.3 Å². The Bertz CT molecular complexity index is 324. The van der Waals surface area contributed by atoms with Crippen molar-refractivity contribution in [2.24, 2.45) is 4.99 Å². The molecule has 13 heavy (non-hydrogen) atoms. The molecule has 1 rings (SSSR count). The van der Waals surface area contributed by atoms with Crippen molar-refractivity contribution in [3.05, 3.63) is 48.0 Å². The highest BCUT2D eigenvalue weighted by Gasteiger charge is 2.00. The zero-order valence-corrected chi connectivity index (χ0v) is 8.25. The molecule has 0 fully saturated rings. The summed E-state index contributed by atoms with van der Waals surface area (Å²) in [7, 11) is 0. The summed E-state index contributed by atoms with van der Waals surface area (Å²) in [6.07, 6.45) is 1.81. The van der Waals surface area contributed by atoms with Crippen LogP contribution in [0.4, 0.5) is 0 Å². The van der Waals surface area contributed by atoms with E-state index >= 15 is 0 Å². The van der Waals surface area contributed by atoms with Gasteiger partial charge >= 0.3 is 0 Å². The lowest BCUT2D eigenvalue weighted by atomic mass is 10.0. The maximum absolute atomic E-state index is 4.37. The summed E-state index contributed by atoms with van der Waals surface area (Å²) < 4.78 is 0. The summed E-state index contributed by atoms with van der Waals surface area (Å²) in [5.41, 5.74) is 3.41. The van der Waals surface area contributed by atoms with Crippen molar-refractivity contribution in [2.75, 3.05) is 6.54 Å². The van der Waals surface area contributed by atoms with Crippen LogP contribution in [0.25, 0.3) is 0 Å². The third kappa shape index (κ3) is 2.28. The lowest BCUT2D eigenvalue weighted by Gasteiger charge is -2.04. The first-order chi connectivity index (χ1) is 6.29. The first-order valence-corrected chi connectivity index (χ1v) is 4.52. The maximum Gasteiger partial charge on any atom is 0.0643 e. The Labute approximate surface area is 79.8 Å². The van der Waals surface area contributed by atoms with Gasteiger partial charge in [0.1, 0.15) is 0 Å². The Kier molecular flexibility index (Phi) is 3.44. The molecule has 0 saturated heterocycles. The van der Waals surface area contributed by atoms with Gasteiger partial charge in [0.15, 0.2) is 0 Å². The Morgan fingerprint density at radius 2 is 2.15 bits per heavy atom. The van der Waals surface area contributed by atoms with E-state index in [1.54, 1.807) is 0 Å². The average molecular weight is 173 g/mol. The molecule has 0 aliphatic rings. The second kappa shape index (κ2) is 4.61. The van der Waals surface area contributed by atoms with Crippen LogP contribution in [0.15, 0.2) is 41.9 Å². The minimum atomic E-state index is 0.801. The van der Waals surface area contributed by atoms with Crippen molar-refractivity contribution in [3.8, 4) is 0 Å². The van der Waals surface area contributed by atoms with Gasteiger partial charge in [-0.05, 0) is 25.5 Å². The summed E-state index contributed by atoms with van der Waals surface area (Å²) >= 11 is 0. The minimum absolute atomic E-state index is 0.801. The molecule has 0 saturated carbocycles. The lowest BCUT2D eigenvalue weighted by molar-refractivity contribution is 1.13. The van der Waals surface area contributed by atoms with Crippen molar-refractivity contribution in [1.29, 1.82) is 0 Å². The quantitative estimate of drug-likeness (QED) is 0.623. The van der Waals surface area contributed by atoms with Gasteiger partial charge in [0, 0.05) is 12.1 Å². The Morgan fingerprint density at radius 1 is 1.46 bits per heavy atom. The van der Waals surface area contributed by atoms with Gasteiger partial charge in [-0.1, -0.05) is 30.8 Å². The summed E-state index contributed by atoms with van der Waals surface area (Å²) in [6, 6.07) is 8.22. The second-order valence-electron chi connectivity index (χ2n) is 2.88. The summed E-state index contributed by atoms with van der Waals surface area (Å²) in [4.78, 5) is 4.37. The smallest absolute Gasteiger partial charge is 0.0643 e. The van der Waals surface area contributed by atoms with E-state index in [4.69, 9.17) is 0 Å². The van der Waals surface area contributed by atoms with Crippen molar-refractivity contribution >= 4 is 5.71 Å². The van der Waals surface area contributed by atoms with Crippen molar-refractivity contribution in [2.45, 2.75) is 13.8 Å². The third-order valence-corrected chi connectivity index (χ3v) is 1.94. The molecular weight excluding hydrogens is 158 g/mol. The van der Waals surface area contributed by atoms with Crippen molar-refractivity contribution in [3.63, 3.8) is 0 Å². The minimum Gasteiger partial charge on any atom is -0.285 e. The molecule has 0 aromatic heterocycles. The topological polar surface area (TPSA) is 12.4 Å². The molecule has 1 aromatic rings. The van der Waals surface area contributed by atoms with Crippen LogP contribution in [-0.2, 0) is 0 Å². The van der Waals surface area contributed by atoms with E-state index in [2.05, 4.69) is 30.6 Å². The molecule has 1 aromatic carbocycles. The van der Waals surface area contributed by atoms with E-state index in [9.17, 15) is 0 Å². The zero-order valence-electron chi connectivity index (χ0n) is 8.25. The van der Waals surface area contributed by atoms with Crippen molar-refractivity contribution < 1.29 is 0 Å². The Morgan fingerprint density at radius 3 is 2.69 bits per heavy atom. The molecule has 0 aliphatic heterocycles. The SMILES string of the molecule is C=CC(=NCC)c1ccccc1C. The van der Waals surface area contributed by atoms with E-state index < -0.39 is 0 Å². The van der Waals surface area contributed by atoms with Crippen LogP contribution in [-0.4, -0.2) is 12.3 Å². The van der Waals surface area contributed by atoms with Gasteiger partial charge in [-0.15, -0.1) is 0 Å². The van der Waals surface area contributed by atoms with Crippen LogP contribution in [0.3, 0.4) is 0 Å². The van der Waals surface area contributed by atoms with Crippen LogP contribution in [0, 0.1) is 6.92 Å². The van der Waals surface area contributed by atoms with Gasteiger partial charge in [-0.25, -0.2) is 0 Å². The number of rotatable bonds is 3. The van der Waals surface area contributed by atoms with Gasteiger partial charge in [0.25, 0.3) is 0 Å². The van der Waals surface area contributed by atoms with E-state index in [-0.39, 0.29) is 0 Å². The predicted octanol–water partition coefficient (Wildman–Crippen LogP) is 2.99. The highest BCUT2D eigenvalue weighted by atomic mass is 14.7. The Balaban J connectivity index is 3.12. The van der Waals surface area contributed by atoms with Gasteiger partial charge in [-0.2, -0.15) is 0 Å². The van der Waals surface area contributed by atoms with E-state index in [1.807, 2.05) is 25.1 Å². The zero-order chi connectivity index (χ0) is 9.68. The molecule has 1 nitrogen and oxygen atoms in total. The summed E-state index contributed by atoms with van der Waals surface area (Å²) in [5, 5.41) is 0. The molecule has 0 heterocycles. The molecular formula is C12H15N. The third-order valence-electron chi connectivity index (χ3n) is 1.94. The molecule has 0 amide bonds. The molecule has 0 N–H and O–H groups in total. The number of benzene rings is 1. The largest absolute Gasteiger partial charge is 0.285 e. The van der Waals surface area contributed by atoms with E-state index in [0.29, 0.717) is 0 Å². The number of allylic oxidation sites excluding steroid dienone is 1. The monoisotopic (exact) mass is 173 g/mol. The summed E-state index contributed by atoms with van der Waals surface area (Å²) in [6.45, 7) is 8.68. The van der Waals surface area contributed by atoms with Gasteiger partial charge < -0.3 is 0 Å². The van der Waals surface area contributed by atoms with Crippen LogP contribution in [0.2, 0.25) is 0 Å². The standard InChI is InChI=1S/C12H15N/c1-4-12(13-5-2)11-9-7-6-8-10(11)3/h4,6-9H,1,5H2,2-3H3.